The summed E-state index contributed by atoms with van der Waals surface area (Å²) in [6.07, 6.45) is 0. The third-order valence-electron chi connectivity index (χ3n) is 2.76. The summed E-state index contributed by atoms with van der Waals surface area (Å²) in [5, 5.41) is 0. The Labute approximate surface area is 108 Å². The van der Waals surface area contributed by atoms with E-state index in [1.807, 2.05) is 31.0 Å². The van der Waals surface area contributed by atoms with Crippen molar-refractivity contribution in [2.75, 3.05) is 38.8 Å². The van der Waals surface area contributed by atoms with Crippen LogP contribution in [0.4, 0.5) is 5.69 Å². The van der Waals surface area contributed by atoms with E-state index >= 15 is 0 Å². The number of Topliss-reactive ketones (excluding diaryl/α,β-unsaturated/α-hetero) is 1. The Morgan fingerprint density at radius 3 is 2.67 bits per heavy atom. The summed E-state index contributed by atoms with van der Waals surface area (Å²) in [6.45, 7) is 5.60. The highest BCUT2D eigenvalue weighted by molar-refractivity contribution is 6.02. The molecule has 0 atom stereocenters. The molecule has 0 aliphatic rings. The molecule has 0 unspecified atom stereocenters. The monoisotopic (exact) mass is 251 g/mol. The predicted molar refractivity (Wildman–Crippen MR) is 72.8 cm³/mol. The van der Waals surface area contributed by atoms with Crippen LogP contribution in [0, 0.1) is 0 Å². The van der Waals surface area contributed by atoms with Crippen molar-refractivity contribution in [2.24, 2.45) is 0 Å². The van der Waals surface area contributed by atoms with E-state index in [2.05, 4.69) is 0 Å². The SMILES string of the molecule is CCOCCN(C)c1cccc(OC)c1C(C)=O. The summed E-state index contributed by atoms with van der Waals surface area (Å²) < 4.78 is 10.6. The van der Waals surface area contributed by atoms with E-state index in [1.165, 1.54) is 0 Å². The largest absolute Gasteiger partial charge is 0.496 e. The molecular formula is C14H21NO3. The molecule has 0 radical (unpaired) electrons. The number of carbonyl (C=O) groups is 1. The standard InChI is InChI=1S/C14H21NO3/c1-5-18-10-9-15(3)12-7-6-8-13(17-4)14(12)11(2)16/h6-8H,5,9-10H2,1-4H3. The van der Waals surface area contributed by atoms with Gasteiger partial charge in [-0.1, -0.05) is 6.07 Å². The first-order valence-electron chi connectivity index (χ1n) is 6.08. The number of hydrogen-bond donors (Lipinski definition) is 0. The number of rotatable bonds is 7. The summed E-state index contributed by atoms with van der Waals surface area (Å²) in [5.41, 5.74) is 1.50. The third-order valence-corrected chi connectivity index (χ3v) is 2.76. The van der Waals surface area contributed by atoms with Crippen LogP contribution in [0.3, 0.4) is 0 Å². The van der Waals surface area contributed by atoms with Crippen molar-refractivity contribution in [3.63, 3.8) is 0 Å². The number of methoxy groups -OCH3 is 1. The third kappa shape index (κ3) is 3.47. The van der Waals surface area contributed by atoms with Gasteiger partial charge in [0.05, 0.1) is 25.0 Å². The molecule has 0 aromatic heterocycles. The highest BCUT2D eigenvalue weighted by atomic mass is 16.5. The molecule has 0 saturated heterocycles. The zero-order chi connectivity index (χ0) is 13.5. The molecule has 0 aliphatic carbocycles. The molecule has 0 spiro atoms. The number of nitrogens with zero attached hydrogens (tertiary/aromatic N) is 1. The number of benzene rings is 1. The van der Waals surface area contributed by atoms with Gasteiger partial charge >= 0.3 is 0 Å². The molecule has 0 aliphatic heterocycles. The van der Waals surface area contributed by atoms with Gasteiger partial charge in [0.1, 0.15) is 5.75 Å². The van der Waals surface area contributed by atoms with Crippen LogP contribution in [0.1, 0.15) is 24.2 Å². The van der Waals surface area contributed by atoms with Gasteiger partial charge in [0.25, 0.3) is 0 Å². The molecule has 0 amide bonds. The molecule has 0 heterocycles. The molecule has 0 N–H and O–H groups in total. The van der Waals surface area contributed by atoms with Crippen LogP contribution in [-0.4, -0.2) is 39.7 Å². The zero-order valence-corrected chi connectivity index (χ0v) is 11.5. The van der Waals surface area contributed by atoms with Crippen LogP contribution >= 0.6 is 0 Å². The Morgan fingerprint density at radius 1 is 1.39 bits per heavy atom. The lowest BCUT2D eigenvalue weighted by Gasteiger charge is -2.22. The summed E-state index contributed by atoms with van der Waals surface area (Å²) in [4.78, 5) is 13.8. The van der Waals surface area contributed by atoms with Gasteiger partial charge in [-0.3, -0.25) is 4.79 Å². The second-order valence-electron chi connectivity index (χ2n) is 4.03. The molecule has 18 heavy (non-hydrogen) atoms. The number of likely N-dealkylation sites (N-methyl/N-ethyl adjacent to an activating group) is 1. The molecule has 0 fully saturated rings. The van der Waals surface area contributed by atoms with Gasteiger partial charge in [0, 0.05) is 20.2 Å². The average molecular weight is 251 g/mol. The van der Waals surface area contributed by atoms with Crippen LogP contribution in [-0.2, 0) is 4.74 Å². The predicted octanol–water partition coefficient (Wildman–Crippen LogP) is 2.37. The van der Waals surface area contributed by atoms with E-state index in [0.29, 0.717) is 24.5 Å². The van der Waals surface area contributed by atoms with E-state index in [9.17, 15) is 4.79 Å². The number of ketones is 1. The van der Waals surface area contributed by atoms with E-state index < -0.39 is 0 Å². The van der Waals surface area contributed by atoms with Crippen molar-refractivity contribution < 1.29 is 14.3 Å². The Hall–Kier alpha value is -1.55. The molecule has 0 saturated carbocycles. The van der Waals surface area contributed by atoms with Gasteiger partial charge in [0.15, 0.2) is 5.78 Å². The van der Waals surface area contributed by atoms with Crippen LogP contribution < -0.4 is 9.64 Å². The minimum absolute atomic E-state index is 0.00529. The quantitative estimate of drug-likeness (QED) is 0.551. The van der Waals surface area contributed by atoms with Gasteiger partial charge in [-0.2, -0.15) is 0 Å². The maximum Gasteiger partial charge on any atom is 0.165 e. The highest BCUT2D eigenvalue weighted by Crippen LogP contribution is 2.29. The highest BCUT2D eigenvalue weighted by Gasteiger charge is 2.16. The van der Waals surface area contributed by atoms with Gasteiger partial charge in [0.2, 0.25) is 0 Å². The van der Waals surface area contributed by atoms with E-state index in [1.54, 1.807) is 20.1 Å². The molecule has 1 rings (SSSR count). The van der Waals surface area contributed by atoms with Crippen molar-refractivity contribution in [1.29, 1.82) is 0 Å². The van der Waals surface area contributed by atoms with E-state index in [-0.39, 0.29) is 5.78 Å². The first kappa shape index (κ1) is 14.5. The van der Waals surface area contributed by atoms with Gasteiger partial charge in [-0.05, 0) is 26.0 Å². The zero-order valence-electron chi connectivity index (χ0n) is 11.5. The first-order chi connectivity index (χ1) is 8.61. The van der Waals surface area contributed by atoms with Gasteiger partial charge < -0.3 is 14.4 Å². The number of carbonyl (C=O) groups excluding carboxylic acids is 1. The first-order valence-corrected chi connectivity index (χ1v) is 6.08. The minimum atomic E-state index is 0.00529. The van der Waals surface area contributed by atoms with Crippen molar-refractivity contribution in [1.82, 2.24) is 0 Å². The summed E-state index contributed by atoms with van der Waals surface area (Å²) >= 11 is 0. The van der Waals surface area contributed by atoms with Crippen molar-refractivity contribution in [2.45, 2.75) is 13.8 Å². The lowest BCUT2D eigenvalue weighted by Crippen LogP contribution is -2.24. The Morgan fingerprint density at radius 2 is 2.11 bits per heavy atom. The fraction of sp³-hybridized carbons (Fsp3) is 0.500. The average Bonchev–Trinajstić information content (AvgIpc) is 2.37. The van der Waals surface area contributed by atoms with Crippen molar-refractivity contribution in [3.05, 3.63) is 23.8 Å². The lowest BCUT2D eigenvalue weighted by atomic mass is 10.1. The van der Waals surface area contributed by atoms with Gasteiger partial charge in [-0.15, -0.1) is 0 Å². The molecule has 100 valence electrons. The summed E-state index contributed by atoms with van der Waals surface area (Å²) in [7, 11) is 3.52. The Kier molecular flexibility index (Phi) is 5.65. The number of ether oxygens (including phenoxy) is 2. The fourth-order valence-corrected chi connectivity index (χ4v) is 1.83. The van der Waals surface area contributed by atoms with Crippen LogP contribution in [0.15, 0.2) is 18.2 Å². The topological polar surface area (TPSA) is 38.8 Å². The number of hydrogen-bond acceptors (Lipinski definition) is 4. The maximum atomic E-state index is 11.7. The minimum Gasteiger partial charge on any atom is -0.496 e. The summed E-state index contributed by atoms with van der Waals surface area (Å²) in [6, 6.07) is 5.61. The molecule has 0 bridgehead atoms. The lowest BCUT2D eigenvalue weighted by molar-refractivity contribution is 0.101. The van der Waals surface area contributed by atoms with E-state index in [4.69, 9.17) is 9.47 Å². The second-order valence-corrected chi connectivity index (χ2v) is 4.03. The van der Waals surface area contributed by atoms with E-state index in [0.717, 1.165) is 12.2 Å². The molecule has 1 aromatic rings. The van der Waals surface area contributed by atoms with Crippen molar-refractivity contribution in [3.8, 4) is 5.75 Å². The smallest absolute Gasteiger partial charge is 0.165 e. The molecule has 4 heteroatoms. The molecular weight excluding hydrogens is 230 g/mol. The maximum absolute atomic E-state index is 11.7. The Bertz CT molecular complexity index is 404. The second kappa shape index (κ2) is 7.01. The fourth-order valence-electron chi connectivity index (χ4n) is 1.83. The van der Waals surface area contributed by atoms with Crippen LogP contribution in [0.25, 0.3) is 0 Å². The summed E-state index contributed by atoms with van der Waals surface area (Å²) in [5.74, 6) is 0.619. The Balaban J connectivity index is 2.96. The molecule has 4 nitrogen and oxygen atoms in total. The number of anilines is 1. The van der Waals surface area contributed by atoms with Crippen molar-refractivity contribution >= 4 is 11.5 Å². The van der Waals surface area contributed by atoms with Crippen LogP contribution in [0.5, 0.6) is 5.75 Å². The van der Waals surface area contributed by atoms with Crippen LogP contribution in [0.2, 0.25) is 0 Å². The molecule has 1 aromatic carbocycles. The normalized spacial score (nSPS) is 10.2. The van der Waals surface area contributed by atoms with Gasteiger partial charge in [-0.25, -0.2) is 0 Å².